The number of hydrogen-bond acceptors (Lipinski definition) is 0. The van der Waals surface area contributed by atoms with Crippen molar-refractivity contribution in [3.63, 3.8) is 0 Å². The summed E-state index contributed by atoms with van der Waals surface area (Å²) in [7, 11) is 0. The Hall–Kier alpha value is 1.46. The summed E-state index contributed by atoms with van der Waals surface area (Å²) >= 11 is 4.09. The molecule has 2 heteroatoms. The summed E-state index contributed by atoms with van der Waals surface area (Å²) in [5.74, 6) is 0. The van der Waals surface area contributed by atoms with Crippen molar-refractivity contribution < 1.29 is 2.74 Å². The molecule has 0 N–H and O–H groups in total. The zero-order valence-electron chi connectivity index (χ0n) is 7.76. The average molecular weight is 342 g/mol. The lowest BCUT2D eigenvalue weighted by Gasteiger charge is -1.76. The van der Waals surface area contributed by atoms with Gasteiger partial charge in [0.2, 0.25) is 0 Å². The fraction of sp³-hybridized carbons (Fsp3) is 1.00. The molecule has 0 aliphatic carbocycles. The van der Waals surface area contributed by atoms with Crippen molar-refractivity contribution in [1.82, 2.24) is 0 Å². The summed E-state index contributed by atoms with van der Waals surface area (Å²) < 4.78 is 13.3. The maximum atomic E-state index is 6.92. The molecule has 0 amide bonds. The summed E-state index contributed by atoms with van der Waals surface area (Å²) in [5.41, 5.74) is 0. The number of halogens is 2. The topological polar surface area (TPSA) is 0 Å². The third-order valence-electron chi connectivity index (χ3n) is 0. The molecule has 0 nitrogen and oxygen atoms in total. The van der Waals surface area contributed by atoms with Crippen LogP contribution in [0.2, 0.25) is 0 Å². The van der Waals surface area contributed by atoms with Gasteiger partial charge in [-0.2, -0.15) is 0 Å². The van der Waals surface area contributed by atoms with Crippen LogP contribution in [0.15, 0.2) is 0 Å². The zero-order valence-corrected chi connectivity index (χ0v) is 10.1. The molecule has 0 saturated carbocycles. The monoisotopic (exact) mass is 342 g/mol. The van der Waals surface area contributed by atoms with Crippen molar-refractivity contribution in [3.8, 4) is 0 Å². The highest BCUT2D eigenvalue weighted by Crippen LogP contribution is 1.91. The first kappa shape index (κ1) is 7.57. The maximum absolute atomic E-state index is 6.92. The van der Waals surface area contributed by atoms with Gasteiger partial charge in [0.05, 0.1) is 0 Å². The van der Waals surface area contributed by atoms with Gasteiger partial charge in [-0.3, -0.25) is 0 Å². The molecule has 0 heterocycles. The van der Waals surface area contributed by atoms with Crippen molar-refractivity contribution in [2.24, 2.45) is 0 Å². The van der Waals surface area contributed by atoms with E-state index in [1.54, 1.807) is 0 Å². The Balaban J connectivity index is 0. The smallest absolute Gasteiger partial charge is 0.0408 e. The lowest BCUT2D eigenvalue weighted by molar-refractivity contribution is 1.16. The molecule has 0 aliphatic rings. The van der Waals surface area contributed by atoms with E-state index < -0.39 is 0 Å². The molecule has 0 bridgehead atoms. The van der Waals surface area contributed by atoms with Gasteiger partial charge in [-0.1, -0.05) is 72.9 Å². The standard InChI is InChI=1S/2C3H7I/c2*1-3(2)4/h2*3H,1-2H3/i2*3D. The molecule has 0 saturated heterocycles. The minimum Gasteiger partial charge on any atom is -0.0832 e. The Morgan fingerprint density at radius 1 is 1.00 bits per heavy atom. The van der Waals surface area contributed by atoms with Gasteiger partial charge in [0, 0.05) is 10.5 Å². The Morgan fingerprint density at radius 3 is 1.00 bits per heavy atom. The van der Waals surface area contributed by atoms with Gasteiger partial charge in [0.1, 0.15) is 0 Å². The summed E-state index contributed by atoms with van der Waals surface area (Å²) in [5, 5.41) is 0. The summed E-state index contributed by atoms with van der Waals surface area (Å²) in [6.07, 6.45) is 0. The molecular weight excluding hydrogens is 326 g/mol. The van der Waals surface area contributed by atoms with Crippen molar-refractivity contribution in [3.05, 3.63) is 0 Å². The van der Waals surface area contributed by atoms with Crippen LogP contribution in [0.3, 0.4) is 0 Å². The molecule has 0 aliphatic heterocycles. The number of hydrogen-bond donors (Lipinski definition) is 0. The molecule has 0 atom stereocenters. The highest BCUT2D eigenvalue weighted by atomic mass is 127. The van der Waals surface area contributed by atoms with E-state index in [4.69, 9.17) is 2.74 Å². The number of alkyl halides is 2. The van der Waals surface area contributed by atoms with Gasteiger partial charge in [-0.25, -0.2) is 0 Å². The molecule has 0 aromatic carbocycles. The molecule has 0 spiro atoms. The Morgan fingerprint density at radius 2 is 1.00 bits per heavy atom. The van der Waals surface area contributed by atoms with Gasteiger partial charge >= 0.3 is 0 Å². The SMILES string of the molecule is [2H]C(C)(C)I.[2H]C(C)(C)I. The lowest BCUT2D eigenvalue weighted by atomic mass is 10.6. The molecule has 0 unspecified atom stereocenters. The fourth-order valence-electron chi connectivity index (χ4n) is 0. The van der Waals surface area contributed by atoms with E-state index in [-0.39, 0.29) is 7.80 Å². The van der Waals surface area contributed by atoms with Crippen molar-refractivity contribution in [1.29, 1.82) is 0 Å². The molecule has 0 radical (unpaired) electrons. The maximum Gasteiger partial charge on any atom is 0.0408 e. The van der Waals surface area contributed by atoms with Crippen LogP contribution < -0.4 is 0 Å². The van der Waals surface area contributed by atoms with Crippen LogP contribution in [0, 0.1) is 0 Å². The molecule has 0 rings (SSSR count). The molecule has 0 aromatic rings. The largest absolute Gasteiger partial charge is 0.0832 e. The normalized spacial score (nSPS) is 15.2. The quantitative estimate of drug-likeness (QED) is 0.466. The Labute approximate surface area is 82.9 Å². The van der Waals surface area contributed by atoms with Crippen LogP contribution in [0.25, 0.3) is 0 Å². The molecule has 52 valence electrons. The van der Waals surface area contributed by atoms with E-state index in [2.05, 4.69) is 0 Å². The van der Waals surface area contributed by atoms with E-state index in [0.29, 0.717) is 0 Å². The van der Waals surface area contributed by atoms with Crippen LogP contribution in [0.5, 0.6) is 0 Å². The van der Waals surface area contributed by atoms with E-state index in [1.807, 2.05) is 72.9 Å². The van der Waals surface area contributed by atoms with E-state index in [1.165, 1.54) is 0 Å². The molecular formula is C6H14I2. The molecule has 0 fully saturated rings. The summed E-state index contributed by atoms with van der Waals surface area (Å²) in [4.78, 5) is 0. The van der Waals surface area contributed by atoms with Gasteiger partial charge in [0.25, 0.3) is 0 Å². The van der Waals surface area contributed by atoms with E-state index >= 15 is 0 Å². The predicted molar refractivity (Wildman–Crippen MR) is 58.3 cm³/mol. The van der Waals surface area contributed by atoms with Gasteiger partial charge < -0.3 is 0 Å². The van der Waals surface area contributed by atoms with Crippen molar-refractivity contribution in [2.75, 3.05) is 0 Å². The van der Waals surface area contributed by atoms with Gasteiger partial charge in [-0.05, 0) is 0 Å². The van der Waals surface area contributed by atoms with E-state index in [0.717, 1.165) is 0 Å². The first-order valence-corrected chi connectivity index (χ1v) is 4.54. The van der Waals surface area contributed by atoms with Crippen LogP contribution >= 0.6 is 45.2 Å². The minimum atomic E-state index is -0.280. The average Bonchev–Trinajstić information content (AvgIpc) is 1.12. The zero-order chi connectivity index (χ0) is 9.00. The summed E-state index contributed by atoms with van der Waals surface area (Å²) in [6, 6.07) is 0. The fourth-order valence-corrected chi connectivity index (χ4v) is 0. The lowest BCUT2D eigenvalue weighted by Crippen LogP contribution is -1.69. The predicted octanol–water partition coefficient (Wildman–Crippen LogP) is 3.66. The highest BCUT2D eigenvalue weighted by molar-refractivity contribution is 14.1. The molecule has 8 heavy (non-hydrogen) atoms. The van der Waals surface area contributed by atoms with E-state index in [9.17, 15) is 0 Å². The number of rotatable bonds is 0. The Bertz CT molecular complexity index is 56.7. The summed E-state index contributed by atoms with van der Waals surface area (Å²) in [6.45, 7) is 7.36. The third-order valence-corrected chi connectivity index (χ3v) is 0. The third kappa shape index (κ3) is 146. The first-order valence-electron chi connectivity index (χ1n) is 3.38. The van der Waals surface area contributed by atoms with Crippen LogP contribution in [-0.2, 0) is 0 Å². The Kier molecular flexibility index (Phi) is 8.00. The second-order valence-electron chi connectivity index (χ2n) is 1.76. The first-order chi connectivity index (χ1) is 4.00. The second-order valence-corrected chi connectivity index (χ2v) is 6.07. The molecule has 0 aromatic heterocycles. The van der Waals surface area contributed by atoms with Crippen molar-refractivity contribution in [2.45, 2.75) is 35.5 Å². The van der Waals surface area contributed by atoms with Gasteiger partial charge in [0.15, 0.2) is 0 Å². The van der Waals surface area contributed by atoms with Crippen LogP contribution in [-0.4, -0.2) is 7.80 Å². The second kappa shape index (κ2) is 8.46. The highest BCUT2D eigenvalue weighted by Gasteiger charge is 1.71. The minimum absolute atomic E-state index is 0.280. The van der Waals surface area contributed by atoms with Crippen LogP contribution in [0.4, 0.5) is 0 Å². The van der Waals surface area contributed by atoms with Gasteiger partial charge in [-0.15, -0.1) is 0 Å². The van der Waals surface area contributed by atoms with Crippen molar-refractivity contribution >= 4 is 45.2 Å². The van der Waals surface area contributed by atoms with Crippen LogP contribution in [0.1, 0.15) is 30.4 Å².